The number of benzene rings is 2. The number of hydrogen-bond acceptors (Lipinski definition) is 1. The molecular weight excluding hydrogens is 203 g/mol. The molecule has 0 aliphatic rings. The Kier molecular flexibility index (Phi) is 1.87. The summed E-state index contributed by atoms with van der Waals surface area (Å²) < 4.78 is 0. The first-order valence-corrected chi connectivity index (χ1v) is 5.78. The van der Waals surface area contributed by atoms with Crippen molar-refractivity contribution in [1.29, 1.82) is 0 Å². The number of phenols is 1. The minimum Gasteiger partial charge on any atom is -0.507 e. The summed E-state index contributed by atoms with van der Waals surface area (Å²) in [5.41, 5.74) is 0. The molecule has 0 saturated heterocycles. The fourth-order valence-electron chi connectivity index (χ4n) is 1.91. The highest BCUT2D eigenvalue weighted by molar-refractivity contribution is 7.36. The van der Waals surface area contributed by atoms with Crippen molar-refractivity contribution in [1.82, 2.24) is 0 Å². The Bertz CT molecular complexity index is 646. The molecule has 0 aliphatic heterocycles. The Morgan fingerprint density at radius 1 is 0.933 bits per heavy atom. The monoisotopic (exact) mass is 212 g/mol. The Balaban J connectivity index is 2.64. The lowest BCUT2D eigenvalue weighted by molar-refractivity contribution is 0.483. The van der Waals surface area contributed by atoms with Crippen LogP contribution in [0.3, 0.4) is 0 Å². The Labute approximate surface area is 89.1 Å². The summed E-state index contributed by atoms with van der Waals surface area (Å²) in [6.45, 7) is 0. The van der Waals surface area contributed by atoms with Gasteiger partial charge in [-0.25, -0.2) is 0 Å². The van der Waals surface area contributed by atoms with Crippen molar-refractivity contribution < 1.29 is 5.11 Å². The molecule has 0 fully saturated rings. The fourth-order valence-corrected chi connectivity index (χ4v) is 2.76. The first kappa shape index (κ1) is 8.70. The normalized spacial score (nSPS) is 11.5. The second-order valence-electron chi connectivity index (χ2n) is 3.52. The third kappa shape index (κ3) is 1.28. The molecule has 2 heteroatoms. The van der Waals surface area contributed by atoms with Gasteiger partial charge in [-0.3, -0.25) is 0 Å². The van der Waals surface area contributed by atoms with Crippen molar-refractivity contribution in [2.24, 2.45) is 0 Å². The van der Waals surface area contributed by atoms with E-state index >= 15 is 0 Å². The molecule has 0 spiro atoms. The zero-order valence-electron chi connectivity index (χ0n) is 8.01. The molecule has 0 atom stereocenters. The minimum absolute atomic E-state index is 0.394. The molecule has 3 aromatic rings. The molecule has 0 bridgehead atoms. The highest BCUT2D eigenvalue weighted by atomic mass is 31.0. The smallest absolute Gasteiger partial charge is 0.128 e. The maximum Gasteiger partial charge on any atom is 0.128 e. The molecule has 15 heavy (non-hydrogen) atoms. The van der Waals surface area contributed by atoms with Gasteiger partial charge in [0.2, 0.25) is 0 Å². The van der Waals surface area contributed by atoms with E-state index in [9.17, 15) is 5.11 Å². The van der Waals surface area contributed by atoms with Crippen molar-refractivity contribution in [3.05, 3.63) is 48.3 Å². The predicted molar refractivity (Wildman–Crippen MR) is 65.6 cm³/mol. The molecule has 1 heterocycles. The van der Waals surface area contributed by atoms with Gasteiger partial charge in [-0.05, 0) is 28.0 Å². The van der Waals surface area contributed by atoms with Crippen LogP contribution >= 0.6 is 8.19 Å². The highest BCUT2D eigenvalue weighted by Crippen LogP contribution is 2.36. The lowest BCUT2D eigenvalue weighted by Crippen LogP contribution is -1.75. The van der Waals surface area contributed by atoms with Crippen molar-refractivity contribution in [2.45, 2.75) is 0 Å². The molecular formula is C13H9OP. The van der Waals surface area contributed by atoms with Gasteiger partial charge in [-0.2, -0.15) is 0 Å². The first-order chi connectivity index (χ1) is 7.36. The second-order valence-corrected chi connectivity index (χ2v) is 4.52. The molecule has 72 valence electrons. The number of fused-ring (bicyclic) bond motifs is 3. The Morgan fingerprint density at radius 3 is 2.67 bits per heavy atom. The Morgan fingerprint density at radius 2 is 1.73 bits per heavy atom. The zero-order chi connectivity index (χ0) is 10.3. The molecule has 1 N–H and O–H groups in total. The SMILES string of the molecule is Oc1cc2ccccc2c2cccpc12. The fraction of sp³-hybridized carbons (Fsp3) is 0. The minimum atomic E-state index is 0.394. The van der Waals surface area contributed by atoms with Gasteiger partial charge in [0.05, 0.1) is 5.12 Å². The van der Waals surface area contributed by atoms with Crippen LogP contribution in [0.15, 0.2) is 48.3 Å². The quantitative estimate of drug-likeness (QED) is 0.551. The molecule has 0 radical (unpaired) electrons. The standard InChI is InChI=1S/C13H9OP/c14-12-8-9-4-1-2-5-10(9)11-6-3-7-15-13(11)12/h1-8,14H. The van der Waals surface area contributed by atoms with Gasteiger partial charge < -0.3 is 5.11 Å². The summed E-state index contributed by atoms with van der Waals surface area (Å²) >= 11 is 0. The topological polar surface area (TPSA) is 20.2 Å². The van der Waals surface area contributed by atoms with E-state index in [0.717, 1.165) is 24.1 Å². The van der Waals surface area contributed by atoms with E-state index in [2.05, 4.69) is 12.1 Å². The lowest BCUT2D eigenvalue weighted by Gasteiger charge is -2.04. The van der Waals surface area contributed by atoms with Crippen LogP contribution in [0.4, 0.5) is 0 Å². The van der Waals surface area contributed by atoms with Crippen LogP contribution in [0.2, 0.25) is 0 Å². The summed E-state index contributed by atoms with van der Waals surface area (Å²) in [6.07, 6.45) is 0. The molecule has 0 saturated carbocycles. The van der Waals surface area contributed by atoms with E-state index in [1.165, 1.54) is 5.39 Å². The van der Waals surface area contributed by atoms with Crippen LogP contribution in [0.5, 0.6) is 5.75 Å². The summed E-state index contributed by atoms with van der Waals surface area (Å²) in [5.74, 6) is 2.43. The van der Waals surface area contributed by atoms with Gasteiger partial charge in [0.1, 0.15) is 5.75 Å². The predicted octanol–water partition coefficient (Wildman–Crippen LogP) is 4.28. The van der Waals surface area contributed by atoms with Crippen molar-refractivity contribution in [3.8, 4) is 5.75 Å². The van der Waals surface area contributed by atoms with E-state index < -0.39 is 0 Å². The zero-order valence-corrected chi connectivity index (χ0v) is 8.91. The number of aromatic hydroxyl groups is 1. The van der Waals surface area contributed by atoms with E-state index in [0.29, 0.717) is 5.75 Å². The van der Waals surface area contributed by atoms with Gasteiger partial charge in [0.15, 0.2) is 0 Å². The van der Waals surface area contributed by atoms with E-state index in [1.807, 2.05) is 36.1 Å². The summed E-state index contributed by atoms with van der Waals surface area (Å²) in [4.78, 5) is 0. The third-order valence-corrected chi connectivity index (χ3v) is 3.64. The van der Waals surface area contributed by atoms with Gasteiger partial charge in [-0.15, -0.1) is 0 Å². The second kappa shape index (κ2) is 3.22. The summed E-state index contributed by atoms with van der Waals surface area (Å²) in [6, 6.07) is 14.1. The van der Waals surface area contributed by atoms with Gasteiger partial charge >= 0.3 is 0 Å². The van der Waals surface area contributed by atoms with E-state index in [-0.39, 0.29) is 0 Å². The molecule has 2 aromatic carbocycles. The number of rotatable bonds is 0. The lowest BCUT2D eigenvalue weighted by atomic mass is 10.1. The third-order valence-electron chi connectivity index (χ3n) is 2.59. The van der Waals surface area contributed by atoms with Crippen LogP contribution in [0.25, 0.3) is 21.3 Å². The van der Waals surface area contributed by atoms with Crippen LogP contribution < -0.4 is 0 Å². The van der Waals surface area contributed by atoms with Crippen molar-refractivity contribution >= 4 is 29.5 Å². The molecule has 0 amide bonds. The van der Waals surface area contributed by atoms with Crippen LogP contribution in [-0.2, 0) is 0 Å². The van der Waals surface area contributed by atoms with Crippen LogP contribution in [-0.4, -0.2) is 5.11 Å². The Hall–Kier alpha value is -1.59. The number of phenolic OH excluding ortho intramolecular Hbond substituents is 1. The molecule has 0 aliphatic carbocycles. The van der Waals surface area contributed by atoms with Crippen molar-refractivity contribution in [3.63, 3.8) is 0 Å². The van der Waals surface area contributed by atoms with Gasteiger partial charge in [-0.1, -0.05) is 44.6 Å². The summed E-state index contributed by atoms with van der Waals surface area (Å²) in [7, 11) is 1.07. The molecule has 1 nitrogen and oxygen atoms in total. The average Bonchev–Trinajstić information content (AvgIpc) is 2.30. The van der Waals surface area contributed by atoms with E-state index in [4.69, 9.17) is 0 Å². The highest BCUT2D eigenvalue weighted by Gasteiger charge is 2.04. The maximum atomic E-state index is 9.89. The molecule has 3 rings (SSSR count). The number of hydrogen-bond donors (Lipinski definition) is 1. The molecule has 0 unspecified atom stereocenters. The van der Waals surface area contributed by atoms with Crippen molar-refractivity contribution in [2.75, 3.05) is 0 Å². The van der Waals surface area contributed by atoms with Crippen LogP contribution in [0.1, 0.15) is 0 Å². The first-order valence-electron chi connectivity index (χ1n) is 4.82. The van der Waals surface area contributed by atoms with Crippen LogP contribution in [0, 0.1) is 0 Å². The largest absolute Gasteiger partial charge is 0.507 e. The molecule has 1 aromatic heterocycles. The van der Waals surface area contributed by atoms with E-state index in [1.54, 1.807) is 0 Å². The summed E-state index contributed by atoms with van der Waals surface area (Å²) in [5, 5.41) is 14.4. The maximum absolute atomic E-state index is 9.89. The van der Waals surface area contributed by atoms with Gasteiger partial charge in [0.25, 0.3) is 0 Å². The van der Waals surface area contributed by atoms with Gasteiger partial charge in [0, 0.05) is 0 Å². The average molecular weight is 212 g/mol.